The van der Waals surface area contributed by atoms with Gasteiger partial charge < -0.3 is 20.5 Å². The Labute approximate surface area is 110 Å². The number of rotatable bonds is 5. The molecule has 1 aliphatic heterocycles. The molecule has 102 valence electrons. The number of carbonyl (C=O) groups excluding carboxylic acids is 1. The number of amides is 2. The van der Waals surface area contributed by atoms with Gasteiger partial charge in [-0.05, 0) is 12.8 Å². The Morgan fingerprint density at radius 3 is 2.44 bits per heavy atom. The molecule has 0 unspecified atom stereocenters. The molecule has 0 aromatic heterocycles. The first-order valence-corrected chi connectivity index (χ1v) is 6.00. The monoisotopic (exact) mass is 276 g/mol. The second-order valence-corrected chi connectivity index (χ2v) is 4.79. The molecule has 0 saturated carbocycles. The molecule has 7 heteroatoms. The summed E-state index contributed by atoms with van der Waals surface area (Å²) in [6, 6.07) is -0.455. The highest BCUT2D eigenvalue weighted by Crippen LogP contribution is 2.29. The SMILES string of the molecule is C=C(Cl)CNC(=O)NCC1(C(=O)O)CCOCC1. The van der Waals surface area contributed by atoms with E-state index < -0.39 is 17.4 Å². The molecule has 1 rings (SSSR count). The van der Waals surface area contributed by atoms with Crippen molar-refractivity contribution >= 4 is 23.6 Å². The lowest BCUT2D eigenvalue weighted by Crippen LogP contribution is -2.48. The van der Waals surface area contributed by atoms with Crippen molar-refractivity contribution in [2.24, 2.45) is 5.41 Å². The van der Waals surface area contributed by atoms with Crippen LogP contribution in [0.25, 0.3) is 0 Å². The van der Waals surface area contributed by atoms with Crippen LogP contribution in [0.5, 0.6) is 0 Å². The second-order valence-electron chi connectivity index (χ2n) is 4.25. The van der Waals surface area contributed by atoms with E-state index in [0.29, 0.717) is 31.1 Å². The number of aliphatic carboxylic acids is 1. The number of carboxylic acid groups (broad SMARTS) is 1. The van der Waals surface area contributed by atoms with Crippen molar-refractivity contribution in [2.45, 2.75) is 12.8 Å². The molecule has 2 amide bonds. The molecule has 0 bridgehead atoms. The van der Waals surface area contributed by atoms with E-state index in [1.165, 1.54) is 0 Å². The molecule has 1 saturated heterocycles. The molecule has 3 N–H and O–H groups in total. The lowest BCUT2D eigenvalue weighted by molar-refractivity contribution is -0.154. The summed E-state index contributed by atoms with van der Waals surface area (Å²) in [5.74, 6) is -0.909. The molecule has 0 aromatic rings. The average molecular weight is 277 g/mol. The van der Waals surface area contributed by atoms with Crippen LogP contribution < -0.4 is 10.6 Å². The van der Waals surface area contributed by atoms with Gasteiger partial charge in [-0.1, -0.05) is 18.2 Å². The van der Waals surface area contributed by atoms with Crippen molar-refractivity contribution < 1.29 is 19.4 Å². The zero-order valence-corrected chi connectivity index (χ0v) is 10.8. The summed E-state index contributed by atoms with van der Waals surface area (Å²) in [5.41, 5.74) is -0.937. The number of carboxylic acids is 1. The third kappa shape index (κ3) is 4.19. The predicted molar refractivity (Wildman–Crippen MR) is 66.5 cm³/mol. The summed E-state index contributed by atoms with van der Waals surface area (Å²) in [4.78, 5) is 22.7. The van der Waals surface area contributed by atoms with Crippen LogP contribution in [0.3, 0.4) is 0 Å². The van der Waals surface area contributed by atoms with Crippen molar-refractivity contribution in [3.8, 4) is 0 Å². The van der Waals surface area contributed by atoms with Gasteiger partial charge in [-0.25, -0.2) is 4.79 Å². The van der Waals surface area contributed by atoms with E-state index in [-0.39, 0.29) is 13.1 Å². The number of halogens is 1. The molecule has 18 heavy (non-hydrogen) atoms. The van der Waals surface area contributed by atoms with Crippen LogP contribution in [-0.2, 0) is 9.53 Å². The highest BCUT2D eigenvalue weighted by atomic mass is 35.5. The molecular formula is C11H17ClN2O4. The van der Waals surface area contributed by atoms with E-state index in [2.05, 4.69) is 17.2 Å². The van der Waals surface area contributed by atoms with Gasteiger partial charge in [0.05, 0.1) is 12.0 Å². The van der Waals surface area contributed by atoms with Gasteiger partial charge in [0.25, 0.3) is 0 Å². The molecule has 1 aliphatic rings. The second kappa shape index (κ2) is 6.61. The molecule has 1 heterocycles. The maximum absolute atomic E-state index is 11.4. The molecule has 0 atom stereocenters. The van der Waals surface area contributed by atoms with E-state index in [4.69, 9.17) is 16.3 Å². The van der Waals surface area contributed by atoms with Crippen molar-refractivity contribution in [1.29, 1.82) is 0 Å². The Morgan fingerprint density at radius 1 is 1.33 bits per heavy atom. The first-order chi connectivity index (χ1) is 8.46. The normalized spacial score (nSPS) is 17.8. The lowest BCUT2D eigenvalue weighted by Gasteiger charge is -2.33. The van der Waals surface area contributed by atoms with Crippen LogP contribution in [0.4, 0.5) is 4.79 Å². The summed E-state index contributed by atoms with van der Waals surface area (Å²) in [5, 5.41) is 14.6. The summed E-state index contributed by atoms with van der Waals surface area (Å²) >= 11 is 5.50. The minimum atomic E-state index is -0.937. The van der Waals surface area contributed by atoms with Gasteiger partial charge in [-0.3, -0.25) is 4.79 Å². The summed E-state index contributed by atoms with van der Waals surface area (Å²) in [6.45, 7) is 4.45. The molecular weight excluding hydrogens is 260 g/mol. The maximum atomic E-state index is 11.4. The van der Waals surface area contributed by atoms with Crippen molar-refractivity contribution in [2.75, 3.05) is 26.3 Å². The molecule has 0 aromatic carbocycles. The van der Waals surface area contributed by atoms with E-state index >= 15 is 0 Å². The molecule has 6 nitrogen and oxygen atoms in total. The average Bonchev–Trinajstić information content (AvgIpc) is 2.34. The molecule has 0 radical (unpaired) electrons. The standard InChI is InChI=1S/C11H17ClN2O4/c1-8(12)6-13-10(17)14-7-11(9(15)16)2-4-18-5-3-11/h1-7H2,(H,15,16)(H2,13,14,17). The molecule has 0 spiro atoms. The Kier molecular flexibility index (Phi) is 5.43. The van der Waals surface area contributed by atoms with Gasteiger partial charge in [0.15, 0.2) is 0 Å². The van der Waals surface area contributed by atoms with E-state index in [0.717, 1.165) is 0 Å². The Hall–Kier alpha value is -1.27. The molecule has 1 fully saturated rings. The fourth-order valence-electron chi connectivity index (χ4n) is 1.72. The Morgan fingerprint density at radius 2 is 1.94 bits per heavy atom. The van der Waals surface area contributed by atoms with Crippen LogP contribution in [0.2, 0.25) is 0 Å². The number of ether oxygens (including phenoxy) is 1. The number of carbonyl (C=O) groups is 2. The first-order valence-electron chi connectivity index (χ1n) is 5.62. The zero-order valence-electron chi connectivity index (χ0n) is 10.00. The first kappa shape index (κ1) is 14.8. The quantitative estimate of drug-likeness (QED) is 0.697. The number of urea groups is 1. The molecule has 0 aliphatic carbocycles. The topological polar surface area (TPSA) is 87.7 Å². The summed E-state index contributed by atoms with van der Waals surface area (Å²) < 4.78 is 5.14. The number of nitrogens with one attached hydrogen (secondary N) is 2. The lowest BCUT2D eigenvalue weighted by atomic mass is 9.80. The highest BCUT2D eigenvalue weighted by molar-refractivity contribution is 6.29. The largest absolute Gasteiger partial charge is 0.481 e. The van der Waals surface area contributed by atoms with Gasteiger partial charge in [0, 0.05) is 24.8 Å². The maximum Gasteiger partial charge on any atom is 0.315 e. The smallest absolute Gasteiger partial charge is 0.315 e. The fourth-order valence-corrected chi connectivity index (χ4v) is 1.78. The van der Waals surface area contributed by atoms with Crippen molar-refractivity contribution in [1.82, 2.24) is 10.6 Å². The van der Waals surface area contributed by atoms with E-state index in [1.807, 2.05) is 0 Å². The third-order valence-electron chi connectivity index (χ3n) is 2.93. The summed E-state index contributed by atoms with van der Waals surface area (Å²) in [6.07, 6.45) is 0.787. The fraction of sp³-hybridized carbons (Fsp3) is 0.636. The zero-order chi connectivity index (χ0) is 13.6. The van der Waals surface area contributed by atoms with Crippen molar-refractivity contribution in [3.05, 3.63) is 11.6 Å². The minimum absolute atomic E-state index is 0.0757. The number of hydrogen-bond acceptors (Lipinski definition) is 3. The number of hydrogen-bond donors (Lipinski definition) is 3. The Bertz CT molecular complexity index is 340. The van der Waals surface area contributed by atoms with Gasteiger partial charge in [0.2, 0.25) is 0 Å². The van der Waals surface area contributed by atoms with Gasteiger partial charge in [0.1, 0.15) is 0 Å². The minimum Gasteiger partial charge on any atom is -0.481 e. The van der Waals surface area contributed by atoms with E-state index in [9.17, 15) is 14.7 Å². The predicted octanol–water partition coefficient (Wildman–Crippen LogP) is 0.919. The van der Waals surface area contributed by atoms with Crippen molar-refractivity contribution in [3.63, 3.8) is 0 Å². The van der Waals surface area contributed by atoms with Gasteiger partial charge in [-0.15, -0.1) is 0 Å². The van der Waals surface area contributed by atoms with Gasteiger partial charge in [-0.2, -0.15) is 0 Å². The van der Waals surface area contributed by atoms with Crippen LogP contribution in [0, 0.1) is 5.41 Å². The Balaban J connectivity index is 2.45. The van der Waals surface area contributed by atoms with E-state index in [1.54, 1.807) is 0 Å². The highest BCUT2D eigenvalue weighted by Gasteiger charge is 2.40. The summed E-state index contributed by atoms with van der Waals surface area (Å²) in [7, 11) is 0. The van der Waals surface area contributed by atoms with Crippen LogP contribution in [0.15, 0.2) is 11.6 Å². The van der Waals surface area contributed by atoms with Gasteiger partial charge >= 0.3 is 12.0 Å². The van der Waals surface area contributed by atoms with Crippen LogP contribution in [-0.4, -0.2) is 43.4 Å². The van der Waals surface area contributed by atoms with Crippen LogP contribution >= 0.6 is 11.6 Å². The van der Waals surface area contributed by atoms with Crippen LogP contribution in [0.1, 0.15) is 12.8 Å². The third-order valence-corrected chi connectivity index (χ3v) is 3.07.